The SMILES string of the molecule is O=C(Nc1cncc(F)c1)C1CCC(=O)N1[C@@H]1C(=O)N(C2CC(F)(F)C2)c2ccccc21. The Morgan fingerprint density at radius 1 is 1.16 bits per heavy atom. The van der Waals surface area contributed by atoms with Gasteiger partial charge in [-0.2, -0.15) is 0 Å². The van der Waals surface area contributed by atoms with Gasteiger partial charge in [-0.15, -0.1) is 0 Å². The highest BCUT2D eigenvalue weighted by Gasteiger charge is 2.55. The maximum absolute atomic E-state index is 13.5. The van der Waals surface area contributed by atoms with Crippen LogP contribution in [0.2, 0.25) is 0 Å². The maximum atomic E-state index is 13.5. The third kappa shape index (κ3) is 3.30. The molecular weight excluding hydrogens is 425 g/mol. The van der Waals surface area contributed by atoms with Crippen LogP contribution in [0.15, 0.2) is 42.7 Å². The van der Waals surface area contributed by atoms with Gasteiger partial charge < -0.3 is 15.1 Å². The van der Waals surface area contributed by atoms with Crippen LogP contribution in [-0.2, 0) is 14.4 Å². The second kappa shape index (κ2) is 7.32. The predicted molar refractivity (Wildman–Crippen MR) is 107 cm³/mol. The monoisotopic (exact) mass is 444 g/mol. The molecule has 0 spiro atoms. The molecule has 1 saturated heterocycles. The number of carbonyl (C=O) groups excluding carboxylic acids is 3. The molecule has 1 aromatic carbocycles. The molecule has 3 heterocycles. The van der Waals surface area contributed by atoms with E-state index in [2.05, 4.69) is 10.3 Å². The summed E-state index contributed by atoms with van der Waals surface area (Å²) in [6.07, 6.45) is 1.63. The lowest BCUT2D eigenvalue weighted by Gasteiger charge is -2.41. The number of nitrogens with zero attached hydrogens (tertiary/aromatic N) is 3. The van der Waals surface area contributed by atoms with Crippen molar-refractivity contribution in [2.45, 2.75) is 49.7 Å². The van der Waals surface area contributed by atoms with Crippen molar-refractivity contribution in [1.29, 1.82) is 0 Å². The molecule has 1 saturated carbocycles. The summed E-state index contributed by atoms with van der Waals surface area (Å²) in [5, 5.41) is 2.55. The smallest absolute Gasteiger partial charge is 0.254 e. The van der Waals surface area contributed by atoms with Crippen molar-refractivity contribution in [1.82, 2.24) is 9.88 Å². The molecule has 10 heteroatoms. The number of halogens is 3. The zero-order chi connectivity index (χ0) is 22.6. The van der Waals surface area contributed by atoms with Crippen LogP contribution in [-0.4, -0.2) is 45.6 Å². The lowest BCUT2D eigenvalue weighted by Crippen LogP contribution is -2.54. The van der Waals surface area contributed by atoms with E-state index in [1.165, 1.54) is 16.0 Å². The number of carbonyl (C=O) groups is 3. The Labute approximate surface area is 181 Å². The van der Waals surface area contributed by atoms with Crippen LogP contribution in [0.25, 0.3) is 0 Å². The number of fused-ring (bicyclic) bond motifs is 1. The van der Waals surface area contributed by atoms with Crippen molar-refractivity contribution in [3.8, 4) is 0 Å². The fraction of sp³-hybridized carbons (Fsp3) is 0.364. The lowest BCUT2D eigenvalue weighted by molar-refractivity contribution is -0.141. The molecule has 1 aliphatic carbocycles. The van der Waals surface area contributed by atoms with Gasteiger partial charge in [-0.05, 0) is 12.5 Å². The molecule has 3 aliphatic rings. The molecule has 7 nitrogen and oxygen atoms in total. The van der Waals surface area contributed by atoms with Gasteiger partial charge >= 0.3 is 0 Å². The fourth-order valence-corrected chi connectivity index (χ4v) is 4.77. The summed E-state index contributed by atoms with van der Waals surface area (Å²) in [5.41, 5.74) is 1.12. The average molecular weight is 444 g/mol. The molecule has 3 amide bonds. The second-order valence-corrected chi connectivity index (χ2v) is 8.32. The van der Waals surface area contributed by atoms with Crippen LogP contribution >= 0.6 is 0 Å². The van der Waals surface area contributed by atoms with Crippen LogP contribution in [0.3, 0.4) is 0 Å². The van der Waals surface area contributed by atoms with Crippen molar-refractivity contribution in [3.63, 3.8) is 0 Å². The van der Waals surface area contributed by atoms with Crippen molar-refractivity contribution >= 4 is 29.1 Å². The molecule has 0 bridgehead atoms. The molecule has 2 atom stereocenters. The number of para-hydroxylation sites is 1. The standard InChI is InChI=1S/C22H19F3N4O3/c23-12-7-13(11-26-10-12)27-20(31)17-5-6-18(30)29(17)19-15-3-1-2-4-16(15)28(21(19)32)14-8-22(24,25)9-14/h1-4,7,10-11,14,17,19H,5-6,8-9H2,(H,27,31)/t17?,19-/m0/s1. The minimum Gasteiger partial charge on any atom is -0.323 e. The van der Waals surface area contributed by atoms with Gasteiger partial charge in [-0.3, -0.25) is 19.4 Å². The maximum Gasteiger partial charge on any atom is 0.254 e. The highest BCUT2D eigenvalue weighted by Crippen LogP contribution is 2.49. The molecular formula is C22H19F3N4O3. The minimum atomic E-state index is -2.82. The molecule has 32 heavy (non-hydrogen) atoms. The second-order valence-electron chi connectivity index (χ2n) is 8.32. The normalized spacial score (nSPS) is 24.5. The first kappa shape index (κ1) is 20.5. The third-order valence-electron chi connectivity index (χ3n) is 6.20. The Hall–Kier alpha value is -3.43. The van der Waals surface area contributed by atoms with Gasteiger partial charge in [0.25, 0.3) is 11.8 Å². The van der Waals surface area contributed by atoms with E-state index in [0.29, 0.717) is 11.3 Å². The van der Waals surface area contributed by atoms with E-state index in [1.54, 1.807) is 24.3 Å². The van der Waals surface area contributed by atoms with E-state index < -0.39 is 54.5 Å². The first-order valence-corrected chi connectivity index (χ1v) is 10.3. The van der Waals surface area contributed by atoms with Gasteiger partial charge in [0.2, 0.25) is 11.8 Å². The number of anilines is 2. The van der Waals surface area contributed by atoms with Crippen molar-refractivity contribution in [2.75, 3.05) is 10.2 Å². The number of rotatable bonds is 4. The summed E-state index contributed by atoms with van der Waals surface area (Å²) in [6.45, 7) is 0. The van der Waals surface area contributed by atoms with E-state index in [0.717, 1.165) is 12.3 Å². The number of pyridine rings is 1. The van der Waals surface area contributed by atoms with E-state index in [4.69, 9.17) is 0 Å². The molecule has 1 unspecified atom stereocenters. The highest BCUT2D eigenvalue weighted by molar-refractivity contribution is 6.08. The molecule has 5 rings (SSSR count). The molecule has 166 valence electrons. The molecule has 1 N–H and O–H groups in total. The van der Waals surface area contributed by atoms with Crippen LogP contribution < -0.4 is 10.2 Å². The van der Waals surface area contributed by atoms with Gasteiger partial charge in [0, 0.05) is 42.6 Å². The van der Waals surface area contributed by atoms with Gasteiger partial charge in [-0.25, -0.2) is 13.2 Å². The Morgan fingerprint density at radius 3 is 2.62 bits per heavy atom. The predicted octanol–water partition coefficient (Wildman–Crippen LogP) is 3.04. The Kier molecular flexibility index (Phi) is 4.68. The number of hydrogen-bond donors (Lipinski definition) is 1. The number of alkyl halides is 2. The summed E-state index contributed by atoms with van der Waals surface area (Å²) in [5.74, 6) is -4.89. The highest BCUT2D eigenvalue weighted by atomic mass is 19.3. The molecule has 2 fully saturated rings. The van der Waals surface area contributed by atoms with Crippen LogP contribution in [0.5, 0.6) is 0 Å². The van der Waals surface area contributed by atoms with Crippen LogP contribution in [0.1, 0.15) is 37.3 Å². The topological polar surface area (TPSA) is 82.6 Å². The van der Waals surface area contributed by atoms with Crippen LogP contribution in [0, 0.1) is 5.82 Å². The van der Waals surface area contributed by atoms with E-state index in [9.17, 15) is 27.6 Å². The zero-order valence-corrected chi connectivity index (χ0v) is 16.8. The number of nitrogens with one attached hydrogen (secondary N) is 1. The number of benzene rings is 1. The largest absolute Gasteiger partial charge is 0.323 e. The van der Waals surface area contributed by atoms with Gasteiger partial charge in [0.1, 0.15) is 17.9 Å². The Balaban J connectivity index is 1.45. The van der Waals surface area contributed by atoms with Crippen molar-refractivity contribution in [2.24, 2.45) is 0 Å². The number of likely N-dealkylation sites (tertiary alicyclic amines) is 1. The van der Waals surface area contributed by atoms with Gasteiger partial charge in [-0.1, -0.05) is 18.2 Å². The summed E-state index contributed by atoms with van der Waals surface area (Å²) < 4.78 is 40.5. The summed E-state index contributed by atoms with van der Waals surface area (Å²) in [6, 6.07) is 5.14. The summed E-state index contributed by atoms with van der Waals surface area (Å²) >= 11 is 0. The van der Waals surface area contributed by atoms with Gasteiger partial charge in [0.15, 0.2) is 0 Å². The van der Waals surface area contributed by atoms with E-state index in [-0.39, 0.29) is 24.4 Å². The molecule has 2 aromatic rings. The first-order chi connectivity index (χ1) is 15.2. The third-order valence-corrected chi connectivity index (χ3v) is 6.20. The zero-order valence-electron chi connectivity index (χ0n) is 16.8. The Morgan fingerprint density at radius 2 is 1.91 bits per heavy atom. The Bertz CT molecular complexity index is 1120. The fourth-order valence-electron chi connectivity index (χ4n) is 4.77. The van der Waals surface area contributed by atoms with Crippen molar-refractivity contribution < 1.29 is 27.6 Å². The number of aromatic nitrogens is 1. The average Bonchev–Trinajstić information content (AvgIpc) is 3.22. The van der Waals surface area contributed by atoms with Crippen LogP contribution in [0.4, 0.5) is 24.5 Å². The number of amides is 3. The first-order valence-electron chi connectivity index (χ1n) is 10.3. The van der Waals surface area contributed by atoms with E-state index >= 15 is 0 Å². The minimum absolute atomic E-state index is 0.0624. The number of hydrogen-bond acceptors (Lipinski definition) is 4. The molecule has 2 aliphatic heterocycles. The molecule has 1 aromatic heterocycles. The quantitative estimate of drug-likeness (QED) is 0.786. The molecule has 0 radical (unpaired) electrons. The lowest BCUT2D eigenvalue weighted by atomic mass is 9.87. The summed E-state index contributed by atoms with van der Waals surface area (Å²) in [7, 11) is 0. The summed E-state index contributed by atoms with van der Waals surface area (Å²) in [4.78, 5) is 45.4. The van der Waals surface area contributed by atoms with E-state index in [1.807, 2.05) is 0 Å². The van der Waals surface area contributed by atoms with Gasteiger partial charge in [0.05, 0.1) is 18.1 Å². The van der Waals surface area contributed by atoms with Crippen molar-refractivity contribution in [3.05, 3.63) is 54.1 Å².